The van der Waals surface area contributed by atoms with Gasteiger partial charge in [-0.3, -0.25) is 19.3 Å². The van der Waals surface area contributed by atoms with Crippen LogP contribution in [0.4, 0.5) is 4.79 Å². The van der Waals surface area contributed by atoms with Crippen LogP contribution in [0, 0.1) is 0 Å². The van der Waals surface area contributed by atoms with E-state index < -0.39 is 36.3 Å². The van der Waals surface area contributed by atoms with Gasteiger partial charge in [0.05, 0.1) is 12.3 Å². The largest absolute Gasteiger partial charge is 0.467 e. The number of hydrogen-bond acceptors (Lipinski definition) is 5. The molecule has 1 atom stereocenters. The van der Waals surface area contributed by atoms with Crippen LogP contribution in [0.2, 0.25) is 0 Å². The number of amides is 5. The molecule has 0 aromatic carbocycles. The van der Waals surface area contributed by atoms with E-state index in [1.807, 2.05) is 0 Å². The summed E-state index contributed by atoms with van der Waals surface area (Å²) < 4.78 is 5.19. The summed E-state index contributed by atoms with van der Waals surface area (Å²) in [4.78, 5) is 50.3. The van der Waals surface area contributed by atoms with Crippen molar-refractivity contribution in [2.24, 2.45) is 0 Å². The van der Waals surface area contributed by atoms with Crippen molar-refractivity contribution in [2.75, 3.05) is 6.54 Å². The predicted molar refractivity (Wildman–Crippen MR) is 81.5 cm³/mol. The van der Waals surface area contributed by atoms with E-state index in [2.05, 4.69) is 5.32 Å². The Morgan fingerprint density at radius 2 is 2.00 bits per heavy atom. The summed E-state index contributed by atoms with van der Waals surface area (Å²) in [5, 5.41) is 2.64. The van der Waals surface area contributed by atoms with E-state index in [4.69, 9.17) is 4.42 Å². The quantitative estimate of drug-likeness (QED) is 0.644. The smallest absolute Gasteiger partial charge is 0.334 e. The Kier molecular flexibility index (Phi) is 4.37. The zero-order valence-corrected chi connectivity index (χ0v) is 13.4. The van der Waals surface area contributed by atoms with E-state index >= 15 is 0 Å². The monoisotopic (exact) mass is 333 g/mol. The molecule has 8 heteroatoms. The van der Waals surface area contributed by atoms with Crippen molar-refractivity contribution >= 4 is 23.8 Å². The molecule has 2 heterocycles. The molecule has 1 aromatic rings. The van der Waals surface area contributed by atoms with E-state index in [-0.39, 0.29) is 6.04 Å². The van der Waals surface area contributed by atoms with Crippen LogP contribution in [0.15, 0.2) is 22.8 Å². The Hall–Kier alpha value is -2.64. The Bertz CT molecular complexity index is 663. The van der Waals surface area contributed by atoms with Crippen molar-refractivity contribution in [3.05, 3.63) is 24.2 Å². The number of urea groups is 1. The van der Waals surface area contributed by atoms with Crippen LogP contribution in [0.5, 0.6) is 0 Å². The first kappa shape index (κ1) is 16.2. The summed E-state index contributed by atoms with van der Waals surface area (Å²) in [6.45, 7) is 1.25. The van der Waals surface area contributed by atoms with Crippen molar-refractivity contribution in [3.63, 3.8) is 0 Å². The van der Waals surface area contributed by atoms with E-state index in [0.29, 0.717) is 23.5 Å². The summed E-state index contributed by atoms with van der Waals surface area (Å²) in [7, 11) is 0. The number of nitrogens with one attached hydrogen (secondary N) is 1. The van der Waals surface area contributed by atoms with E-state index in [0.717, 1.165) is 17.7 Å². The van der Waals surface area contributed by atoms with Gasteiger partial charge in [0.2, 0.25) is 5.91 Å². The van der Waals surface area contributed by atoms with Crippen LogP contribution in [-0.4, -0.2) is 46.1 Å². The summed E-state index contributed by atoms with van der Waals surface area (Å²) in [5.41, 5.74) is 0. The highest BCUT2D eigenvalue weighted by atomic mass is 16.3. The molecule has 1 aromatic heterocycles. The van der Waals surface area contributed by atoms with Gasteiger partial charge in [-0.1, -0.05) is 12.8 Å². The number of hydrogen-bond donors (Lipinski definition) is 1. The topological polar surface area (TPSA) is 99.9 Å². The highest BCUT2D eigenvalue weighted by Gasteiger charge is 2.48. The maximum Gasteiger partial charge on any atom is 0.334 e. The average molecular weight is 333 g/mol. The van der Waals surface area contributed by atoms with Gasteiger partial charge in [0.1, 0.15) is 12.3 Å². The van der Waals surface area contributed by atoms with Crippen LogP contribution in [0.25, 0.3) is 0 Å². The molecule has 2 fully saturated rings. The lowest BCUT2D eigenvalue weighted by Gasteiger charge is -2.21. The van der Waals surface area contributed by atoms with Crippen LogP contribution in [-0.2, 0) is 14.4 Å². The minimum atomic E-state index is -0.937. The molecule has 0 unspecified atom stereocenters. The second-order valence-corrected chi connectivity index (χ2v) is 6.09. The maximum atomic E-state index is 12.4. The van der Waals surface area contributed by atoms with Gasteiger partial charge >= 0.3 is 17.8 Å². The van der Waals surface area contributed by atoms with Gasteiger partial charge in [0.15, 0.2) is 0 Å². The van der Waals surface area contributed by atoms with Gasteiger partial charge in [-0.15, -0.1) is 0 Å². The minimum absolute atomic E-state index is 0.232. The summed E-state index contributed by atoms with van der Waals surface area (Å²) in [5.74, 6) is -1.74. The number of carbonyl (C=O) groups excluding carboxylic acids is 4. The molecule has 1 saturated carbocycles. The molecule has 0 spiro atoms. The Morgan fingerprint density at radius 1 is 1.29 bits per heavy atom. The van der Waals surface area contributed by atoms with Crippen LogP contribution in [0.3, 0.4) is 0 Å². The van der Waals surface area contributed by atoms with Crippen molar-refractivity contribution < 1.29 is 23.6 Å². The van der Waals surface area contributed by atoms with E-state index in [1.165, 1.54) is 6.26 Å². The number of rotatable bonds is 5. The van der Waals surface area contributed by atoms with Gasteiger partial charge < -0.3 is 9.73 Å². The second kappa shape index (κ2) is 6.46. The normalized spacial score (nSPS) is 20.1. The molecular weight excluding hydrogens is 314 g/mol. The molecule has 1 N–H and O–H groups in total. The van der Waals surface area contributed by atoms with Crippen LogP contribution in [0.1, 0.15) is 44.4 Å². The lowest BCUT2D eigenvalue weighted by Crippen LogP contribution is -2.43. The molecule has 5 amide bonds. The van der Waals surface area contributed by atoms with Crippen molar-refractivity contribution in [3.8, 4) is 0 Å². The Balaban J connectivity index is 1.63. The number of carbonyl (C=O) groups is 4. The molecule has 24 heavy (non-hydrogen) atoms. The van der Waals surface area contributed by atoms with Gasteiger partial charge in [-0.2, -0.15) is 0 Å². The summed E-state index contributed by atoms with van der Waals surface area (Å²) in [6.07, 6.45) is 4.76. The van der Waals surface area contributed by atoms with E-state index in [1.54, 1.807) is 19.1 Å². The standard InChI is InChI=1S/C16H19N3O5/c1-10(12-7-4-8-24-12)17-13(20)9-18-14(21)15(22)19(16(18)23)11-5-2-3-6-11/h4,7-8,10-11H,2-3,5-6,9H2,1H3,(H,17,20)/t10-/m0/s1. The Labute approximate surface area is 138 Å². The molecule has 1 aliphatic heterocycles. The third-order valence-electron chi connectivity index (χ3n) is 4.42. The van der Waals surface area contributed by atoms with Crippen molar-refractivity contribution in [1.82, 2.24) is 15.1 Å². The first-order valence-corrected chi connectivity index (χ1v) is 8.01. The molecular formula is C16H19N3O5. The molecule has 128 valence electrons. The predicted octanol–water partition coefficient (Wildman–Crippen LogP) is 1.19. The molecule has 2 aliphatic rings. The van der Waals surface area contributed by atoms with E-state index in [9.17, 15) is 19.2 Å². The number of furan rings is 1. The fourth-order valence-electron chi connectivity index (χ4n) is 3.19. The van der Waals surface area contributed by atoms with Crippen molar-refractivity contribution in [2.45, 2.75) is 44.7 Å². The molecule has 0 bridgehead atoms. The van der Waals surface area contributed by atoms with Crippen LogP contribution < -0.4 is 5.32 Å². The fourth-order valence-corrected chi connectivity index (χ4v) is 3.19. The number of nitrogens with zero attached hydrogens (tertiary/aromatic N) is 2. The zero-order valence-electron chi connectivity index (χ0n) is 13.4. The highest BCUT2D eigenvalue weighted by molar-refractivity contribution is 6.45. The third-order valence-corrected chi connectivity index (χ3v) is 4.42. The first-order chi connectivity index (χ1) is 11.5. The van der Waals surface area contributed by atoms with Gasteiger partial charge in [0.25, 0.3) is 0 Å². The third kappa shape index (κ3) is 2.91. The SMILES string of the molecule is C[C@H](NC(=O)CN1C(=O)C(=O)N(C2CCCC2)C1=O)c1ccco1. The zero-order chi connectivity index (χ0) is 17.3. The first-order valence-electron chi connectivity index (χ1n) is 8.01. The van der Waals surface area contributed by atoms with Gasteiger partial charge in [-0.25, -0.2) is 9.69 Å². The lowest BCUT2D eigenvalue weighted by atomic mass is 10.2. The van der Waals surface area contributed by atoms with Crippen LogP contribution >= 0.6 is 0 Å². The average Bonchev–Trinajstić information content (AvgIpc) is 3.27. The minimum Gasteiger partial charge on any atom is -0.467 e. The molecule has 3 rings (SSSR count). The highest BCUT2D eigenvalue weighted by Crippen LogP contribution is 2.27. The van der Waals surface area contributed by atoms with Gasteiger partial charge in [0, 0.05) is 6.04 Å². The van der Waals surface area contributed by atoms with Gasteiger partial charge in [-0.05, 0) is 31.9 Å². The second-order valence-electron chi connectivity index (χ2n) is 6.09. The summed E-state index contributed by atoms with van der Waals surface area (Å²) in [6, 6.07) is 2.08. The fraction of sp³-hybridized carbons (Fsp3) is 0.500. The maximum absolute atomic E-state index is 12.4. The molecule has 1 saturated heterocycles. The Morgan fingerprint density at radius 3 is 2.62 bits per heavy atom. The summed E-state index contributed by atoms with van der Waals surface area (Å²) >= 11 is 0. The lowest BCUT2D eigenvalue weighted by molar-refractivity contribution is -0.144. The molecule has 1 aliphatic carbocycles. The number of imide groups is 2. The molecule has 8 nitrogen and oxygen atoms in total. The van der Waals surface area contributed by atoms with Crippen molar-refractivity contribution in [1.29, 1.82) is 0 Å². The molecule has 0 radical (unpaired) electrons.